The van der Waals surface area contributed by atoms with Gasteiger partial charge < -0.3 is 10.8 Å². The Balaban J connectivity index is 2.65. The summed E-state index contributed by atoms with van der Waals surface area (Å²) in [5.41, 5.74) is 3.67. The van der Waals surface area contributed by atoms with Crippen LogP contribution in [0.25, 0.3) is 0 Å². The van der Waals surface area contributed by atoms with Gasteiger partial charge in [0.2, 0.25) is 0 Å². The first kappa shape index (κ1) is 7.47. The third kappa shape index (κ3) is 0.988. The first-order valence-electron chi connectivity index (χ1n) is 3.19. The van der Waals surface area contributed by atoms with Gasteiger partial charge in [-0.2, -0.15) is 0 Å². The second-order valence-corrected chi connectivity index (χ2v) is 2.75. The number of carbonyl (C=O) groups is 1. The molecule has 1 fully saturated rings. The lowest BCUT2D eigenvalue weighted by Gasteiger charge is -2.19. The van der Waals surface area contributed by atoms with Crippen molar-refractivity contribution in [1.82, 2.24) is 0 Å². The highest BCUT2D eigenvalue weighted by molar-refractivity contribution is 5.79. The molecule has 0 aliphatic heterocycles. The highest BCUT2D eigenvalue weighted by Gasteiger charge is 2.48. The Kier molecular flexibility index (Phi) is 1.64. The average Bonchev–Trinajstić information content (AvgIpc) is 2.67. The largest absolute Gasteiger partial charge is 0.480 e. The van der Waals surface area contributed by atoms with Crippen molar-refractivity contribution in [3.8, 4) is 0 Å². The van der Waals surface area contributed by atoms with Crippen LogP contribution in [-0.2, 0) is 4.79 Å². The molecular weight excluding hydrogens is 137 g/mol. The zero-order valence-electron chi connectivity index (χ0n) is 5.51. The molecule has 58 valence electrons. The molecule has 1 saturated carbocycles. The zero-order chi connectivity index (χ0) is 7.78. The van der Waals surface area contributed by atoms with Crippen LogP contribution in [0, 0.1) is 5.92 Å². The number of carboxylic acids is 1. The molecule has 10 heavy (non-hydrogen) atoms. The van der Waals surface area contributed by atoms with Crippen molar-refractivity contribution in [2.24, 2.45) is 11.7 Å². The fourth-order valence-electron chi connectivity index (χ4n) is 0.939. The van der Waals surface area contributed by atoms with Crippen molar-refractivity contribution in [3.63, 3.8) is 0 Å². The van der Waals surface area contributed by atoms with E-state index < -0.39 is 18.2 Å². The average molecular weight is 147 g/mol. The van der Waals surface area contributed by atoms with Crippen molar-refractivity contribution in [2.75, 3.05) is 6.67 Å². The van der Waals surface area contributed by atoms with Gasteiger partial charge in [-0.05, 0) is 18.8 Å². The summed E-state index contributed by atoms with van der Waals surface area (Å²) >= 11 is 0. The van der Waals surface area contributed by atoms with E-state index in [1.165, 1.54) is 0 Å². The van der Waals surface area contributed by atoms with E-state index in [0.717, 1.165) is 12.8 Å². The van der Waals surface area contributed by atoms with Crippen molar-refractivity contribution < 1.29 is 14.3 Å². The smallest absolute Gasteiger partial charge is 0.326 e. The maximum absolute atomic E-state index is 12.1. The number of carboxylic acid groups (broad SMARTS) is 1. The number of halogens is 1. The Morgan fingerprint density at radius 2 is 2.30 bits per heavy atom. The molecular formula is C6H10FNO2. The molecule has 3 nitrogen and oxygen atoms in total. The van der Waals surface area contributed by atoms with E-state index >= 15 is 0 Å². The molecule has 0 aromatic carbocycles. The summed E-state index contributed by atoms with van der Waals surface area (Å²) in [5.74, 6) is -1.37. The second kappa shape index (κ2) is 2.20. The minimum Gasteiger partial charge on any atom is -0.480 e. The third-order valence-corrected chi connectivity index (χ3v) is 1.93. The lowest BCUT2D eigenvalue weighted by Crippen LogP contribution is -2.52. The van der Waals surface area contributed by atoms with Crippen molar-refractivity contribution in [1.29, 1.82) is 0 Å². The van der Waals surface area contributed by atoms with Crippen molar-refractivity contribution >= 4 is 5.97 Å². The standard InChI is InChI=1S/C6H10FNO2/c7-3-6(8,5(9)10)4-1-2-4/h4H,1-3,8H2,(H,9,10). The van der Waals surface area contributed by atoms with Gasteiger partial charge in [0.15, 0.2) is 0 Å². The van der Waals surface area contributed by atoms with Gasteiger partial charge in [0.25, 0.3) is 0 Å². The van der Waals surface area contributed by atoms with Gasteiger partial charge in [0.05, 0.1) is 0 Å². The summed E-state index contributed by atoms with van der Waals surface area (Å²) in [6, 6.07) is 0. The van der Waals surface area contributed by atoms with E-state index in [9.17, 15) is 9.18 Å². The minimum absolute atomic E-state index is 0.144. The predicted octanol–water partition coefficient (Wildman–Crippen LogP) is 0.148. The number of hydrogen-bond donors (Lipinski definition) is 2. The Labute approximate surface area is 58.0 Å². The van der Waals surface area contributed by atoms with Gasteiger partial charge in [-0.3, -0.25) is 4.79 Å². The van der Waals surface area contributed by atoms with Gasteiger partial charge in [-0.1, -0.05) is 0 Å². The van der Waals surface area contributed by atoms with Gasteiger partial charge in [-0.15, -0.1) is 0 Å². The van der Waals surface area contributed by atoms with Crippen LogP contribution in [0.2, 0.25) is 0 Å². The van der Waals surface area contributed by atoms with E-state index in [0.29, 0.717) is 0 Å². The molecule has 0 aromatic rings. The van der Waals surface area contributed by atoms with Crippen LogP contribution < -0.4 is 5.73 Å². The normalized spacial score (nSPS) is 23.8. The van der Waals surface area contributed by atoms with E-state index in [4.69, 9.17) is 10.8 Å². The van der Waals surface area contributed by atoms with Crippen LogP contribution in [0.3, 0.4) is 0 Å². The molecule has 0 spiro atoms. The predicted molar refractivity (Wildman–Crippen MR) is 33.3 cm³/mol. The second-order valence-electron chi connectivity index (χ2n) is 2.75. The molecule has 0 saturated heterocycles. The highest BCUT2D eigenvalue weighted by atomic mass is 19.1. The number of alkyl halides is 1. The summed E-state index contributed by atoms with van der Waals surface area (Å²) in [6.45, 7) is -0.965. The number of nitrogens with two attached hydrogens (primary N) is 1. The molecule has 1 rings (SSSR count). The Bertz CT molecular complexity index is 158. The van der Waals surface area contributed by atoms with Gasteiger partial charge in [-0.25, -0.2) is 4.39 Å². The highest BCUT2D eigenvalue weighted by Crippen LogP contribution is 2.38. The summed E-state index contributed by atoms with van der Waals surface area (Å²) in [6.07, 6.45) is 1.49. The van der Waals surface area contributed by atoms with Crippen LogP contribution in [0.1, 0.15) is 12.8 Å². The number of rotatable bonds is 3. The monoisotopic (exact) mass is 147 g/mol. The minimum atomic E-state index is -1.60. The first-order chi connectivity index (χ1) is 4.61. The lowest BCUT2D eigenvalue weighted by molar-refractivity contribution is -0.144. The third-order valence-electron chi connectivity index (χ3n) is 1.93. The molecule has 0 amide bonds. The summed E-state index contributed by atoms with van der Waals surface area (Å²) < 4.78 is 12.1. The lowest BCUT2D eigenvalue weighted by atomic mass is 9.97. The Hall–Kier alpha value is -0.640. The molecule has 3 N–H and O–H groups in total. The summed E-state index contributed by atoms with van der Waals surface area (Å²) in [4.78, 5) is 10.4. The Morgan fingerprint density at radius 1 is 1.80 bits per heavy atom. The summed E-state index contributed by atoms with van der Waals surface area (Å²) in [5, 5.41) is 8.48. The van der Waals surface area contributed by atoms with E-state index in [2.05, 4.69) is 0 Å². The SMILES string of the molecule is NC(CF)(C(=O)O)C1CC1. The molecule has 0 aromatic heterocycles. The Morgan fingerprint density at radius 3 is 2.40 bits per heavy atom. The van der Waals surface area contributed by atoms with Gasteiger partial charge in [0, 0.05) is 0 Å². The molecule has 0 heterocycles. The number of aliphatic carboxylic acids is 1. The summed E-state index contributed by atoms with van der Waals surface area (Å²) in [7, 11) is 0. The quantitative estimate of drug-likeness (QED) is 0.597. The van der Waals surface area contributed by atoms with Crippen LogP contribution in [0.15, 0.2) is 0 Å². The fourth-order valence-corrected chi connectivity index (χ4v) is 0.939. The van der Waals surface area contributed by atoms with Crippen LogP contribution in [0.5, 0.6) is 0 Å². The van der Waals surface area contributed by atoms with Gasteiger partial charge in [0.1, 0.15) is 12.2 Å². The zero-order valence-corrected chi connectivity index (χ0v) is 5.51. The van der Waals surface area contributed by atoms with Crippen molar-refractivity contribution in [3.05, 3.63) is 0 Å². The van der Waals surface area contributed by atoms with E-state index in [1.807, 2.05) is 0 Å². The topological polar surface area (TPSA) is 63.3 Å². The molecule has 1 unspecified atom stereocenters. The molecule has 1 aliphatic rings. The van der Waals surface area contributed by atoms with Crippen LogP contribution in [-0.4, -0.2) is 23.3 Å². The van der Waals surface area contributed by atoms with Crippen LogP contribution >= 0.6 is 0 Å². The molecule has 1 aliphatic carbocycles. The first-order valence-corrected chi connectivity index (χ1v) is 3.19. The van der Waals surface area contributed by atoms with Gasteiger partial charge >= 0.3 is 5.97 Å². The van der Waals surface area contributed by atoms with E-state index in [1.54, 1.807) is 0 Å². The molecule has 0 radical (unpaired) electrons. The number of hydrogen-bond acceptors (Lipinski definition) is 2. The van der Waals surface area contributed by atoms with E-state index in [-0.39, 0.29) is 5.92 Å². The fraction of sp³-hybridized carbons (Fsp3) is 0.833. The maximum Gasteiger partial charge on any atom is 0.326 e. The van der Waals surface area contributed by atoms with Crippen LogP contribution in [0.4, 0.5) is 4.39 Å². The maximum atomic E-state index is 12.1. The molecule has 1 atom stereocenters. The molecule has 4 heteroatoms. The molecule has 0 bridgehead atoms. The van der Waals surface area contributed by atoms with Crippen molar-refractivity contribution in [2.45, 2.75) is 18.4 Å².